The predicted octanol–water partition coefficient (Wildman–Crippen LogP) is 2.30. The zero-order valence-electron chi connectivity index (χ0n) is 12.9. The Morgan fingerprint density at radius 3 is 2.86 bits per heavy atom. The minimum Gasteiger partial charge on any atom is -0.476 e. The van der Waals surface area contributed by atoms with Gasteiger partial charge in [-0.05, 0) is 19.3 Å². The van der Waals surface area contributed by atoms with E-state index in [-0.39, 0.29) is 17.7 Å². The lowest BCUT2D eigenvalue weighted by Gasteiger charge is -2.29. The van der Waals surface area contributed by atoms with Gasteiger partial charge in [-0.25, -0.2) is 14.8 Å². The van der Waals surface area contributed by atoms with E-state index < -0.39 is 5.97 Å². The highest BCUT2D eigenvalue weighted by atomic mass is 16.5. The van der Waals surface area contributed by atoms with E-state index in [4.69, 9.17) is 4.74 Å². The van der Waals surface area contributed by atoms with Crippen LogP contribution in [0.2, 0.25) is 0 Å². The largest absolute Gasteiger partial charge is 0.476 e. The molecule has 116 valence electrons. The number of hydrogen-bond acceptors (Lipinski definition) is 5. The van der Waals surface area contributed by atoms with Crippen molar-refractivity contribution in [2.45, 2.75) is 45.1 Å². The molecule has 6 nitrogen and oxygen atoms in total. The number of likely N-dealkylation sites (N-methyl/N-ethyl adjacent to an activating group) is 1. The maximum Gasteiger partial charge on any atom is 0.356 e. The Balaban J connectivity index is 2.18. The molecular formula is C15H23N3O3. The van der Waals surface area contributed by atoms with Crippen LogP contribution < -0.4 is 4.90 Å². The van der Waals surface area contributed by atoms with E-state index >= 15 is 0 Å². The highest BCUT2D eigenvalue weighted by Crippen LogP contribution is 2.22. The van der Waals surface area contributed by atoms with Crippen LogP contribution in [0, 0.1) is 0 Å². The molecule has 1 aliphatic heterocycles. The summed E-state index contributed by atoms with van der Waals surface area (Å²) < 4.78 is 5.70. The van der Waals surface area contributed by atoms with Crippen molar-refractivity contribution < 1.29 is 14.6 Å². The monoisotopic (exact) mass is 293 g/mol. The summed E-state index contributed by atoms with van der Waals surface area (Å²) in [5, 5.41) is 9.38. The molecule has 21 heavy (non-hydrogen) atoms. The van der Waals surface area contributed by atoms with Crippen LogP contribution in [0.1, 0.15) is 55.3 Å². The van der Waals surface area contributed by atoms with E-state index in [2.05, 4.69) is 9.97 Å². The highest BCUT2D eigenvalue weighted by Gasteiger charge is 2.22. The minimum absolute atomic E-state index is 0.0620. The van der Waals surface area contributed by atoms with Gasteiger partial charge in [0.15, 0.2) is 5.69 Å². The van der Waals surface area contributed by atoms with E-state index in [0.717, 1.165) is 25.9 Å². The minimum atomic E-state index is -1.02. The first-order valence-electron chi connectivity index (χ1n) is 7.42. The Labute approximate surface area is 125 Å². The fraction of sp³-hybridized carbons (Fsp3) is 0.667. The first-order valence-corrected chi connectivity index (χ1v) is 7.42. The van der Waals surface area contributed by atoms with Gasteiger partial charge in [-0.3, -0.25) is 0 Å². The third kappa shape index (κ3) is 3.91. The second-order valence-corrected chi connectivity index (χ2v) is 5.79. The zero-order chi connectivity index (χ0) is 15.4. The number of nitrogens with zero attached hydrogens (tertiary/aromatic N) is 3. The number of rotatable bonds is 5. The first kappa shape index (κ1) is 15.7. The molecule has 0 radical (unpaired) electrons. The van der Waals surface area contributed by atoms with Gasteiger partial charge < -0.3 is 14.7 Å². The Bertz CT molecular complexity index is 499. The zero-order valence-corrected chi connectivity index (χ0v) is 12.9. The predicted molar refractivity (Wildman–Crippen MR) is 79.9 cm³/mol. The molecule has 6 heteroatoms. The summed E-state index contributed by atoms with van der Waals surface area (Å²) in [4.78, 5) is 21.8. The van der Waals surface area contributed by atoms with Gasteiger partial charge in [0.25, 0.3) is 0 Å². The number of hydrogen-bond donors (Lipinski definition) is 1. The Kier molecular flexibility index (Phi) is 5.12. The van der Waals surface area contributed by atoms with Gasteiger partial charge in [-0.15, -0.1) is 0 Å². The van der Waals surface area contributed by atoms with Gasteiger partial charge in [-0.2, -0.15) is 0 Å². The van der Waals surface area contributed by atoms with Crippen LogP contribution in [0.5, 0.6) is 0 Å². The molecular weight excluding hydrogens is 270 g/mol. The second-order valence-electron chi connectivity index (χ2n) is 5.79. The van der Waals surface area contributed by atoms with E-state index in [1.54, 1.807) is 6.20 Å². The summed E-state index contributed by atoms with van der Waals surface area (Å²) in [5.74, 6) is -0.367. The van der Waals surface area contributed by atoms with Crippen molar-refractivity contribution in [2.75, 3.05) is 25.1 Å². The summed E-state index contributed by atoms with van der Waals surface area (Å²) in [6.45, 7) is 5.33. The molecule has 0 spiro atoms. The summed E-state index contributed by atoms with van der Waals surface area (Å²) in [6.07, 6.45) is 5.03. The van der Waals surface area contributed by atoms with E-state index in [0.29, 0.717) is 18.1 Å². The summed E-state index contributed by atoms with van der Waals surface area (Å²) >= 11 is 0. The normalized spacial score (nSPS) is 18.8. The third-order valence-corrected chi connectivity index (χ3v) is 3.67. The molecule has 1 saturated heterocycles. The van der Waals surface area contributed by atoms with E-state index in [9.17, 15) is 9.90 Å². The van der Waals surface area contributed by atoms with Gasteiger partial charge >= 0.3 is 5.97 Å². The molecule has 2 rings (SSSR count). The highest BCUT2D eigenvalue weighted by molar-refractivity contribution is 5.91. The number of anilines is 1. The average molecular weight is 293 g/mol. The molecule has 2 heterocycles. The molecule has 0 aliphatic carbocycles. The topological polar surface area (TPSA) is 75.6 Å². The van der Waals surface area contributed by atoms with Crippen LogP contribution in [-0.2, 0) is 4.74 Å². The van der Waals surface area contributed by atoms with Gasteiger partial charge in [0.2, 0.25) is 0 Å². The molecule has 1 aliphatic rings. The number of carboxylic acid groups (broad SMARTS) is 1. The number of aromatic carboxylic acids is 1. The van der Waals surface area contributed by atoms with Gasteiger partial charge in [0.05, 0.1) is 18.0 Å². The fourth-order valence-corrected chi connectivity index (χ4v) is 2.46. The van der Waals surface area contributed by atoms with Gasteiger partial charge in [0.1, 0.15) is 5.82 Å². The Morgan fingerprint density at radius 1 is 1.52 bits per heavy atom. The van der Waals surface area contributed by atoms with Crippen molar-refractivity contribution in [3.05, 3.63) is 17.7 Å². The quantitative estimate of drug-likeness (QED) is 0.897. The lowest BCUT2D eigenvalue weighted by atomic mass is 10.1. The summed E-state index contributed by atoms with van der Waals surface area (Å²) in [6, 6.07) is 0. The fourth-order valence-electron chi connectivity index (χ4n) is 2.46. The number of carbonyl (C=O) groups is 1. The van der Waals surface area contributed by atoms with Crippen LogP contribution in [0.25, 0.3) is 0 Å². The molecule has 1 aromatic heterocycles. The smallest absolute Gasteiger partial charge is 0.356 e. The molecule has 0 amide bonds. The number of carboxylic acids is 1. The molecule has 0 aromatic carbocycles. The van der Waals surface area contributed by atoms with Crippen molar-refractivity contribution in [2.24, 2.45) is 0 Å². The second kappa shape index (κ2) is 6.85. The summed E-state index contributed by atoms with van der Waals surface area (Å²) in [7, 11) is 1.86. The van der Waals surface area contributed by atoms with E-state index in [1.165, 1.54) is 0 Å². The number of ether oxygens (including phenoxy) is 1. The molecule has 1 fully saturated rings. The van der Waals surface area contributed by atoms with Crippen molar-refractivity contribution in [1.82, 2.24) is 9.97 Å². The maximum atomic E-state index is 11.4. The third-order valence-electron chi connectivity index (χ3n) is 3.67. The van der Waals surface area contributed by atoms with E-state index in [1.807, 2.05) is 25.8 Å². The van der Waals surface area contributed by atoms with Crippen LogP contribution in [0.4, 0.5) is 5.69 Å². The lowest BCUT2D eigenvalue weighted by molar-refractivity contribution is 0.0215. The number of aromatic nitrogens is 2. The molecule has 1 N–H and O–H groups in total. The summed E-state index contributed by atoms with van der Waals surface area (Å²) in [5.41, 5.74) is 0.605. The Morgan fingerprint density at radius 2 is 2.29 bits per heavy atom. The van der Waals surface area contributed by atoms with Crippen molar-refractivity contribution in [3.8, 4) is 0 Å². The molecule has 0 saturated carbocycles. The first-order chi connectivity index (χ1) is 9.99. The average Bonchev–Trinajstić information content (AvgIpc) is 2.47. The molecule has 0 bridgehead atoms. The molecule has 1 unspecified atom stereocenters. The van der Waals surface area contributed by atoms with Crippen LogP contribution in [0.3, 0.4) is 0 Å². The van der Waals surface area contributed by atoms with Crippen LogP contribution in [-0.4, -0.2) is 47.3 Å². The van der Waals surface area contributed by atoms with Crippen molar-refractivity contribution in [3.63, 3.8) is 0 Å². The van der Waals surface area contributed by atoms with Crippen LogP contribution >= 0.6 is 0 Å². The van der Waals surface area contributed by atoms with Crippen molar-refractivity contribution >= 4 is 11.7 Å². The van der Waals surface area contributed by atoms with Crippen LogP contribution in [0.15, 0.2) is 6.20 Å². The Hall–Kier alpha value is -1.69. The standard InChI is InChI=1S/C15H23N3O3/c1-10(2)14-16-8-12(13(17-14)15(19)20)18(3)9-11-6-4-5-7-21-11/h8,10-11H,4-7,9H2,1-3H3,(H,19,20). The van der Waals surface area contributed by atoms with Crippen molar-refractivity contribution in [1.29, 1.82) is 0 Å². The van der Waals surface area contributed by atoms with Gasteiger partial charge in [0, 0.05) is 26.1 Å². The molecule has 1 atom stereocenters. The molecule has 1 aromatic rings. The SMILES string of the molecule is CC(C)c1ncc(N(C)CC2CCCCO2)c(C(=O)O)n1. The van der Waals surface area contributed by atoms with Gasteiger partial charge in [-0.1, -0.05) is 13.8 Å². The maximum absolute atomic E-state index is 11.4. The lowest BCUT2D eigenvalue weighted by Crippen LogP contribution is -2.34.